The molecule has 162 valence electrons. The Morgan fingerprint density at radius 1 is 1.32 bits per heavy atom. The topological polar surface area (TPSA) is 34.9 Å². The fourth-order valence-corrected chi connectivity index (χ4v) is 5.20. The molecule has 3 nitrogen and oxygen atoms in total. The van der Waals surface area contributed by atoms with Crippen molar-refractivity contribution in [2.24, 2.45) is 7.05 Å². The second kappa shape index (κ2) is 8.06. The van der Waals surface area contributed by atoms with Gasteiger partial charge >= 0.3 is 0 Å². The third-order valence-electron chi connectivity index (χ3n) is 5.76. The van der Waals surface area contributed by atoms with E-state index < -0.39 is 5.92 Å². The van der Waals surface area contributed by atoms with E-state index in [4.69, 9.17) is 16.6 Å². The molecule has 2 aromatic rings. The lowest BCUT2D eigenvalue weighted by molar-refractivity contribution is 0.00876. The highest BCUT2D eigenvalue weighted by molar-refractivity contribution is 7.99. The molecule has 2 aliphatic rings. The van der Waals surface area contributed by atoms with Gasteiger partial charge in [-0.25, -0.2) is 8.78 Å². The van der Waals surface area contributed by atoms with Crippen LogP contribution in [0, 0.1) is 0 Å². The van der Waals surface area contributed by atoms with E-state index in [1.54, 1.807) is 11.8 Å². The van der Waals surface area contributed by atoms with E-state index in [-0.39, 0.29) is 23.1 Å². The molecule has 2 unspecified atom stereocenters. The third kappa shape index (κ3) is 3.92. The van der Waals surface area contributed by atoms with Crippen molar-refractivity contribution in [2.75, 3.05) is 5.75 Å². The molecule has 0 aromatic carbocycles. The van der Waals surface area contributed by atoms with Gasteiger partial charge in [0.1, 0.15) is 0 Å². The molecule has 0 N–H and O–H groups in total. The van der Waals surface area contributed by atoms with Crippen molar-refractivity contribution < 1.29 is 8.78 Å². The Morgan fingerprint density at radius 3 is 2.68 bits per heavy atom. The molecule has 0 amide bonds. The molecule has 0 saturated heterocycles. The maximum absolute atomic E-state index is 14.1. The highest BCUT2D eigenvalue weighted by Gasteiger charge is 2.34. The van der Waals surface area contributed by atoms with Crippen LogP contribution in [0.1, 0.15) is 60.8 Å². The van der Waals surface area contributed by atoms with Gasteiger partial charge in [-0.3, -0.25) is 9.78 Å². The van der Waals surface area contributed by atoms with Crippen LogP contribution in [-0.4, -0.2) is 15.3 Å². The molecule has 2 atom stereocenters. The quantitative estimate of drug-likeness (QED) is 0.482. The molecule has 0 spiro atoms. The van der Waals surface area contributed by atoms with Crippen molar-refractivity contribution in [1.29, 1.82) is 0 Å². The van der Waals surface area contributed by atoms with Crippen molar-refractivity contribution in [1.82, 2.24) is 9.55 Å². The van der Waals surface area contributed by atoms with Crippen molar-refractivity contribution in [3.8, 4) is 0 Å². The summed E-state index contributed by atoms with van der Waals surface area (Å²) in [7, 11) is 1.40. The first-order valence-electron chi connectivity index (χ1n) is 10.1. The number of hydrogen-bond acceptors (Lipinski definition) is 3. The Morgan fingerprint density at radius 2 is 2.06 bits per heavy atom. The van der Waals surface area contributed by atoms with Crippen LogP contribution in [0.5, 0.6) is 0 Å². The molecular formula is C24H23ClF2N2OS. The number of thioether (sulfide) groups is 1. The van der Waals surface area contributed by atoms with E-state index in [1.807, 2.05) is 43.4 Å². The molecule has 31 heavy (non-hydrogen) atoms. The summed E-state index contributed by atoms with van der Waals surface area (Å²) < 4.78 is 29.2. The van der Waals surface area contributed by atoms with Gasteiger partial charge in [-0.2, -0.15) is 0 Å². The van der Waals surface area contributed by atoms with Gasteiger partial charge in [0.05, 0.1) is 17.1 Å². The number of pyridine rings is 2. The standard InChI is InChI=1S/C24H23ClF2N2OS/c1-5-31-19-9-8-18(14-6-7-16(25)10-14)28-22(19)17-11-15-12-20(24(3,26)27)29(4)23(30)21(15)13(17)2/h6-14H,5H2,1-4H3. The van der Waals surface area contributed by atoms with Gasteiger partial charge in [-0.15, -0.1) is 11.8 Å². The molecule has 2 heterocycles. The largest absolute Gasteiger partial charge is 0.310 e. The van der Waals surface area contributed by atoms with E-state index in [0.717, 1.165) is 39.1 Å². The monoisotopic (exact) mass is 460 g/mol. The molecular weight excluding hydrogens is 438 g/mol. The minimum Gasteiger partial charge on any atom is -0.310 e. The summed E-state index contributed by atoms with van der Waals surface area (Å²) in [5, 5.41) is 0.678. The summed E-state index contributed by atoms with van der Waals surface area (Å²) in [6, 6.07) is 5.46. The Kier molecular flexibility index (Phi) is 5.73. The van der Waals surface area contributed by atoms with Gasteiger partial charge in [-0.05, 0) is 47.2 Å². The minimum atomic E-state index is -3.11. The van der Waals surface area contributed by atoms with Gasteiger partial charge in [-0.1, -0.05) is 37.6 Å². The summed E-state index contributed by atoms with van der Waals surface area (Å²) in [5.41, 5.74) is 2.94. The number of allylic oxidation sites excluding steroid dienone is 5. The maximum Gasteiger partial charge on any atom is 0.285 e. The molecule has 2 aliphatic carbocycles. The van der Waals surface area contributed by atoms with Crippen LogP contribution < -0.4 is 5.56 Å². The third-order valence-corrected chi connectivity index (χ3v) is 6.94. The smallest absolute Gasteiger partial charge is 0.285 e. The Labute approximate surface area is 189 Å². The zero-order valence-corrected chi connectivity index (χ0v) is 19.3. The lowest BCUT2D eigenvalue weighted by Crippen LogP contribution is -2.29. The van der Waals surface area contributed by atoms with Crippen LogP contribution in [0.15, 0.2) is 51.1 Å². The summed E-state index contributed by atoms with van der Waals surface area (Å²) in [6.07, 6.45) is 7.63. The Balaban J connectivity index is 1.86. The molecule has 0 bridgehead atoms. The molecule has 7 heteroatoms. The van der Waals surface area contributed by atoms with Crippen LogP contribution >= 0.6 is 23.4 Å². The molecule has 0 aliphatic heterocycles. The minimum absolute atomic E-state index is 0.00938. The normalized spacial score (nSPS) is 20.1. The SMILES string of the molecule is CCSc1ccc(C2C=CC(Cl)=C2)nc1C1=Cc2cc(C(C)(F)F)n(C)c(=O)c2C1C. The number of aromatic nitrogens is 2. The molecule has 2 aromatic heterocycles. The first kappa shape index (κ1) is 22.0. The van der Waals surface area contributed by atoms with E-state index in [2.05, 4.69) is 6.92 Å². The average Bonchev–Trinajstić information content (AvgIpc) is 3.28. The second-order valence-corrected chi connectivity index (χ2v) is 9.67. The van der Waals surface area contributed by atoms with Crippen LogP contribution in [0.4, 0.5) is 8.78 Å². The molecule has 0 saturated carbocycles. The fourth-order valence-electron chi connectivity index (χ4n) is 4.22. The van der Waals surface area contributed by atoms with Crippen LogP contribution in [0.2, 0.25) is 0 Å². The van der Waals surface area contributed by atoms with E-state index >= 15 is 0 Å². The van der Waals surface area contributed by atoms with E-state index in [1.165, 1.54) is 13.1 Å². The van der Waals surface area contributed by atoms with Gasteiger partial charge in [0.2, 0.25) is 0 Å². The highest BCUT2D eigenvalue weighted by atomic mass is 35.5. The zero-order chi connectivity index (χ0) is 22.5. The van der Waals surface area contributed by atoms with Gasteiger partial charge in [0, 0.05) is 41.3 Å². The Hall–Kier alpha value is -2.18. The maximum atomic E-state index is 14.1. The summed E-state index contributed by atoms with van der Waals surface area (Å²) in [6.45, 7) is 4.81. The Bertz CT molecular complexity index is 1210. The lowest BCUT2D eigenvalue weighted by Gasteiger charge is -2.19. The highest BCUT2D eigenvalue weighted by Crippen LogP contribution is 2.44. The number of hydrogen-bond donors (Lipinski definition) is 0. The predicted octanol–water partition coefficient (Wildman–Crippen LogP) is 6.44. The average molecular weight is 461 g/mol. The van der Waals surface area contributed by atoms with Crippen molar-refractivity contribution >= 4 is 35.0 Å². The molecule has 0 radical (unpaired) electrons. The predicted molar refractivity (Wildman–Crippen MR) is 124 cm³/mol. The number of fused-ring (bicyclic) bond motifs is 1. The lowest BCUT2D eigenvalue weighted by atomic mass is 9.95. The van der Waals surface area contributed by atoms with Crippen molar-refractivity contribution in [3.63, 3.8) is 0 Å². The van der Waals surface area contributed by atoms with Gasteiger partial charge in [0.15, 0.2) is 0 Å². The molecule has 0 fully saturated rings. The van der Waals surface area contributed by atoms with Crippen LogP contribution in [0.3, 0.4) is 0 Å². The van der Waals surface area contributed by atoms with Gasteiger partial charge in [0.25, 0.3) is 11.5 Å². The van der Waals surface area contributed by atoms with E-state index in [9.17, 15) is 13.6 Å². The zero-order valence-electron chi connectivity index (χ0n) is 17.7. The van der Waals surface area contributed by atoms with E-state index in [0.29, 0.717) is 16.2 Å². The fraction of sp³-hybridized carbons (Fsp3) is 0.333. The summed E-state index contributed by atoms with van der Waals surface area (Å²) in [4.78, 5) is 18.9. The summed E-state index contributed by atoms with van der Waals surface area (Å²) >= 11 is 7.78. The van der Waals surface area contributed by atoms with Crippen LogP contribution in [-0.2, 0) is 13.0 Å². The number of rotatable bonds is 5. The van der Waals surface area contributed by atoms with Crippen LogP contribution in [0.25, 0.3) is 11.6 Å². The first-order valence-corrected chi connectivity index (χ1v) is 11.5. The first-order chi connectivity index (χ1) is 14.6. The number of alkyl halides is 2. The molecule has 4 rings (SSSR count). The number of nitrogens with zero attached hydrogens (tertiary/aromatic N) is 2. The number of halogens is 3. The van der Waals surface area contributed by atoms with Crippen molar-refractivity contribution in [3.05, 3.63) is 80.0 Å². The van der Waals surface area contributed by atoms with Crippen molar-refractivity contribution in [2.45, 2.75) is 43.4 Å². The second-order valence-electron chi connectivity index (χ2n) is 7.92. The van der Waals surface area contributed by atoms with Gasteiger partial charge < -0.3 is 4.57 Å². The summed E-state index contributed by atoms with van der Waals surface area (Å²) in [5.74, 6) is -2.49.